The van der Waals surface area contributed by atoms with E-state index in [9.17, 15) is 9.90 Å². The number of halogens is 1. The van der Waals surface area contributed by atoms with Crippen molar-refractivity contribution in [2.24, 2.45) is 0 Å². The SMILES string of the molecule is Cc1ccc(Oc2nc3cc(-c4ccc(C(C)C)c5c4CCN5C)c(Cl)cc3[nH]2)cc1C(=O)O. The first-order valence-corrected chi connectivity index (χ1v) is 11.7. The van der Waals surface area contributed by atoms with Gasteiger partial charge in [0.2, 0.25) is 0 Å². The van der Waals surface area contributed by atoms with Crippen LogP contribution in [0.15, 0.2) is 42.5 Å². The van der Waals surface area contributed by atoms with E-state index in [1.807, 2.05) is 12.1 Å². The standard InChI is InChI=1S/C27H26ClN3O3/c1-14(2)17-7-8-18(19-9-10-31(4)25(17)19)21-12-23-24(13-22(21)28)30-27(29-23)34-16-6-5-15(3)20(11-16)26(32)33/h5-8,11-14H,9-10H2,1-4H3,(H,29,30)(H,32,33). The summed E-state index contributed by atoms with van der Waals surface area (Å²) in [6.45, 7) is 7.18. The van der Waals surface area contributed by atoms with Crippen LogP contribution in [0.2, 0.25) is 5.02 Å². The lowest BCUT2D eigenvalue weighted by atomic mass is 9.91. The van der Waals surface area contributed by atoms with Crippen molar-refractivity contribution < 1.29 is 14.6 Å². The fourth-order valence-corrected chi connectivity index (χ4v) is 5.00. The highest BCUT2D eigenvalue weighted by molar-refractivity contribution is 6.34. The number of aromatic nitrogens is 2. The van der Waals surface area contributed by atoms with Gasteiger partial charge in [-0.25, -0.2) is 4.79 Å². The molecule has 1 aliphatic heterocycles. The highest BCUT2D eigenvalue weighted by atomic mass is 35.5. The molecule has 0 amide bonds. The second-order valence-corrected chi connectivity index (χ2v) is 9.54. The highest BCUT2D eigenvalue weighted by Gasteiger charge is 2.25. The molecule has 2 N–H and O–H groups in total. The molecule has 0 spiro atoms. The normalized spacial score (nSPS) is 13.1. The molecule has 4 aromatic rings. The third kappa shape index (κ3) is 3.78. The Morgan fingerprint density at radius 1 is 1.18 bits per heavy atom. The van der Waals surface area contributed by atoms with Gasteiger partial charge in [0.1, 0.15) is 5.75 Å². The van der Waals surface area contributed by atoms with E-state index in [1.54, 1.807) is 19.1 Å². The van der Waals surface area contributed by atoms with Crippen LogP contribution >= 0.6 is 11.6 Å². The molecular weight excluding hydrogens is 450 g/mol. The third-order valence-corrected chi connectivity index (χ3v) is 6.82. The Morgan fingerprint density at radius 3 is 2.71 bits per heavy atom. The number of carboxylic acids is 1. The summed E-state index contributed by atoms with van der Waals surface area (Å²) < 4.78 is 5.85. The number of benzene rings is 3. The Balaban J connectivity index is 1.54. The molecule has 0 fully saturated rings. The topological polar surface area (TPSA) is 78.5 Å². The average Bonchev–Trinajstić information content (AvgIpc) is 3.36. The molecular formula is C27H26ClN3O3. The number of carboxylic acid groups (broad SMARTS) is 1. The quantitative estimate of drug-likeness (QED) is 0.332. The molecule has 6 nitrogen and oxygen atoms in total. The molecule has 0 saturated heterocycles. The number of aromatic carboxylic acids is 1. The number of H-pyrrole nitrogens is 1. The number of hydrogen-bond donors (Lipinski definition) is 2. The monoisotopic (exact) mass is 475 g/mol. The number of anilines is 1. The zero-order chi connectivity index (χ0) is 24.1. The largest absolute Gasteiger partial charge is 0.478 e. The molecule has 174 valence electrons. The Morgan fingerprint density at radius 2 is 1.97 bits per heavy atom. The van der Waals surface area contributed by atoms with Gasteiger partial charge in [-0.2, -0.15) is 4.98 Å². The molecule has 1 aromatic heterocycles. The number of fused-ring (bicyclic) bond motifs is 2. The van der Waals surface area contributed by atoms with Crippen LogP contribution in [0.4, 0.5) is 5.69 Å². The molecule has 1 aliphatic rings. The van der Waals surface area contributed by atoms with Gasteiger partial charge in [0.15, 0.2) is 0 Å². The molecule has 7 heteroatoms. The van der Waals surface area contributed by atoms with Gasteiger partial charge in [0.05, 0.1) is 21.6 Å². The molecule has 0 saturated carbocycles. The Kier molecular flexibility index (Phi) is 5.48. The van der Waals surface area contributed by atoms with Gasteiger partial charge in [-0.05, 0) is 65.8 Å². The molecule has 0 bridgehead atoms. The molecule has 2 heterocycles. The number of nitrogens with zero attached hydrogens (tertiary/aromatic N) is 2. The number of aryl methyl sites for hydroxylation is 1. The van der Waals surface area contributed by atoms with Crippen molar-refractivity contribution >= 4 is 34.3 Å². The molecule has 0 unspecified atom stereocenters. The summed E-state index contributed by atoms with van der Waals surface area (Å²) in [7, 11) is 2.14. The van der Waals surface area contributed by atoms with Gasteiger partial charge in [-0.15, -0.1) is 0 Å². The highest BCUT2D eigenvalue weighted by Crippen LogP contribution is 2.43. The zero-order valence-electron chi connectivity index (χ0n) is 19.6. The van der Waals surface area contributed by atoms with Gasteiger partial charge in [-0.1, -0.05) is 43.6 Å². The summed E-state index contributed by atoms with van der Waals surface area (Å²) in [4.78, 5) is 21.5. The van der Waals surface area contributed by atoms with Crippen LogP contribution in [0.3, 0.4) is 0 Å². The predicted molar refractivity (Wildman–Crippen MR) is 136 cm³/mol. The maximum atomic E-state index is 11.4. The van der Waals surface area contributed by atoms with Crippen LogP contribution in [-0.4, -0.2) is 34.6 Å². The number of likely N-dealkylation sites (N-methyl/N-ethyl adjacent to an activating group) is 1. The number of rotatable bonds is 5. The summed E-state index contributed by atoms with van der Waals surface area (Å²) >= 11 is 6.75. The smallest absolute Gasteiger partial charge is 0.336 e. The molecule has 34 heavy (non-hydrogen) atoms. The Hall–Kier alpha value is -3.51. The van der Waals surface area contributed by atoms with Gasteiger partial charge in [-0.3, -0.25) is 0 Å². The van der Waals surface area contributed by atoms with E-state index >= 15 is 0 Å². The summed E-state index contributed by atoms with van der Waals surface area (Å²) in [6, 6.07) is 13.5. The fraction of sp³-hybridized carbons (Fsp3) is 0.259. The summed E-state index contributed by atoms with van der Waals surface area (Å²) in [5.41, 5.74) is 8.40. The lowest BCUT2D eigenvalue weighted by Crippen LogP contribution is -2.14. The first-order chi connectivity index (χ1) is 16.2. The van der Waals surface area contributed by atoms with E-state index in [0.717, 1.165) is 35.1 Å². The molecule has 5 rings (SSSR count). The fourth-order valence-electron chi connectivity index (χ4n) is 4.74. The Bertz CT molecular complexity index is 1440. The number of ether oxygens (including phenoxy) is 1. The van der Waals surface area contributed by atoms with Gasteiger partial charge < -0.3 is 19.7 Å². The van der Waals surface area contributed by atoms with E-state index < -0.39 is 5.97 Å². The maximum Gasteiger partial charge on any atom is 0.336 e. The van der Waals surface area contributed by atoms with E-state index in [4.69, 9.17) is 16.3 Å². The van der Waals surface area contributed by atoms with Crippen LogP contribution < -0.4 is 9.64 Å². The van der Waals surface area contributed by atoms with Crippen molar-refractivity contribution in [3.8, 4) is 22.9 Å². The van der Waals surface area contributed by atoms with Crippen LogP contribution in [0.1, 0.15) is 46.8 Å². The zero-order valence-corrected chi connectivity index (χ0v) is 20.3. The van der Waals surface area contributed by atoms with Crippen molar-refractivity contribution in [1.82, 2.24) is 9.97 Å². The molecule has 0 aliphatic carbocycles. The summed E-state index contributed by atoms with van der Waals surface area (Å²) in [5, 5.41) is 10.0. The first kappa shape index (κ1) is 22.3. The summed E-state index contributed by atoms with van der Waals surface area (Å²) in [5.74, 6) is -0.153. The van der Waals surface area contributed by atoms with Crippen LogP contribution in [0, 0.1) is 6.92 Å². The van der Waals surface area contributed by atoms with Crippen LogP contribution in [0.25, 0.3) is 22.2 Å². The average molecular weight is 476 g/mol. The number of hydrogen-bond acceptors (Lipinski definition) is 4. The van der Waals surface area contributed by atoms with Gasteiger partial charge in [0.25, 0.3) is 6.01 Å². The molecule has 0 atom stereocenters. The predicted octanol–water partition coefficient (Wildman–Crippen LogP) is 6.80. The third-order valence-electron chi connectivity index (χ3n) is 6.51. The second kappa shape index (κ2) is 8.37. The van der Waals surface area contributed by atoms with E-state index in [0.29, 0.717) is 22.3 Å². The maximum absolute atomic E-state index is 11.4. The summed E-state index contributed by atoms with van der Waals surface area (Å²) in [6.07, 6.45) is 0.977. The van der Waals surface area contributed by atoms with E-state index in [1.165, 1.54) is 22.9 Å². The first-order valence-electron chi connectivity index (χ1n) is 11.3. The minimum absolute atomic E-state index is 0.197. The number of carbonyl (C=O) groups is 1. The minimum atomic E-state index is -0.995. The number of imidazole rings is 1. The number of aromatic amines is 1. The van der Waals surface area contributed by atoms with Crippen molar-refractivity contribution in [1.29, 1.82) is 0 Å². The molecule has 3 aromatic carbocycles. The lowest BCUT2D eigenvalue weighted by molar-refractivity contribution is 0.0695. The minimum Gasteiger partial charge on any atom is -0.478 e. The van der Waals surface area contributed by atoms with Crippen LogP contribution in [0.5, 0.6) is 11.8 Å². The van der Waals surface area contributed by atoms with Gasteiger partial charge >= 0.3 is 5.97 Å². The Labute approximate surface area is 203 Å². The second-order valence-electron chi connectivity index (χ2n) is 9.13. The van der Waals surface area contributed by atoms with Gasteiger partial charge in [0, 0.05) is 24.8 Å². The van der Waals surface area contributed by atoms with Crippen molar-refractivity contribution in [2.75, 3.05) is 18.5 Å². The number of nitrogens with one attached hydrogen (secondary N) is 1. The van der Waals surface area contributed by atoms with E-state index in [-0.39, 0.29) is 11.6 Å². The van der Waals surface area contributed by atoms with Crippen molar-refractivity contribution in [3.63, 3.8) is 0 Å². The van der Waals surface area contributed by atoms with Crippen molar-refractivity contribution in [2.45, 2.75) is 33.1 Å². The lowest BCUT2D eigenvalue weighted by Gasteiger charge is -2.21. The van der Waals surface area contributed by atoms with E-state index in [2.05, 4.69) is 47.9 Å². The van der Waals surface area contributed by atoms with Crippen LogP contribution in [-0.2, 0) is 6.42 Å². The van der Waals surface area contributed by atoms with Crippen molar-refractivity contribution in [3.05, 3.63) is 69.7 Å². The molecule has 0 radical (unpaired) electrons.